The lowest BCUT2D eigenvalue weighted by Gasteiger charge is -2.17. The summed E-state index contributed by atoms with van der Waals surface area (Å²) in [5.74, 6) is 0.175. The van der Waals surface area contributed by atoms with Gasteiger partial charge in [0.15, 0.2) is 0 Å². The van der Waals surface area contributed by atoms with Crippen molar-refractivity contribution in [2.45, 2.75) is 72.6 Å². The van der Waals surface area contributed by atoms with Crippen LogP contribution in [0.25, 0.3) is 0 Å². The molecule has 0 saturated heterocycles. The molecule has 2 heteroatoms. The predicted octanol–water partition coefficient (Wildman–Crippen LogP) is 7.91. The van der Waals surface area contributed by atoms with Crippen molar-refractivity contribution >= 4 is 5.97 Å². The minimum Gasteiger partial charge on any atom is -0.466 e. The molecule has 0 N–H and O–H groups in total. The van der Waals surface area contributed by atoms with Crippen LogP contribution in [0.3, 0.4) is 0 Å². The van der Waals surface area contributed by atoms with Crippen molar-refractivity contribution in [3.8, 4) is 0 Å². The summed E-state index contributed by atoms with van der Waals surface area (Å²) in [7, 11) is 0. The summed E-state index contributed by atoms with van der Waals surface area (Å²) < 4.78 is 5.15. The van der Waals surface area contributed by atoms with Gasteiger partial charge in [-0.2, -0.15) is 0 Å². The summed E-state index contributed by atoms with van der Waals surface area (Å²) in [4.78, 5) is 11.9. The molecule has 0 aliphatic rings. The van der Waals surface area contributed by atoms with E-state index < -0.39 is 0 Å². The van der Waals surface area contributed by atoms with Crippen LogP contribution >= 0.6 is 0 Å². The van der Waals surface area contributed by atoms with Gasteiger partial charge in [-0.25, -0.2) is 0 Å². The lowest BCUT2D eigenvalue weighted by atomic mass is 9.92. The minimum absolute atomic E-state index is 0.0421. The maximum absolute atomic E-state index is 11.9. The van der Waals surface area contributed by atoms with Crippen molar-refractivity contribution in [1.29, 1.82) is 0 Å². The molecule has 2 nitrogen and oxygen atoms in total. The molecule has 0 radical (unpaired) electrons. The topological polar surface area (TPSA) is 26.3 Å². The fourth-order valence-corrected chi connectivity index (χ4v) is 2.65. The van der Waals surface area contributed by atoms with E-state index in [2.05, 4.69) is 93.7 Å². The molecule has 0 spiro atoms. The second kappa shape index (κ2) is 20.6. The number of ether oxygens (including phenoxy) is 1. The Morgan fingerprint density at radius 3 is 1.38 bits per heavy atom. The van der Waals surface area contributed by atoms with E-state index in [-0.39, 0.29) is 11.9 Å². The second-order valence-corrected chi connectivity index (χ2v) is 7.25. The van der Waals surface area contributed by atoms with E-state index in [1.807, 2.05) is 6.92 Å². The average molecular weight is 399 g/mol. The van der Waals surface area contributed by atoms with E-state index >= 15 is 0 Å². The molecule has 0 saturated carbocycles. The number of esters is 1. The van der Waals surface area contributed by atoms with E-state index in [0.717, 1.165) is 44.9 Å². The van der Waals surface area contributed by atoms with Crippen LogP contribution in [0.1, 0.15) is 72.6 Å². The number of allylic oxidation sites excluding steroid dienone is 12. The van der Waals surface area contributed by atoms with Gasteiger partial charge in [0.1, 0.15) is 0 Å². The average Bonchev–Trinajstić information content (AvgIpc) is 2.69. The molecule has 0 heterocycles. The highest BCUT2D eigenvalue weighted by Crippen LogP contribution is 2.17. The molecule has 0 fully saturated rings. The molecule has 29 heavy (non-hydrogen) atoms. The molecule has 162 valence electrons. The van der Waals surface area contributed by atoms with Crippen molar-refractivity contribution in [2.24, 2.45) is 11.8 Å². The molecule has 0 aromatic heterocycles. The summed E-state index contributed by atoms with van der Waals surface area (Å²) in [6.07, 6.45) is 33.0. The van der Waals surface area contributed by atoms with Crippen LogP contribution in [0.4, 0.5) is 0 Å². The van der Waals surface area contributed by atoms with Gasteiger partial charge < -0.3 is 4.74 Å². The van der Waals surface area contributed by atoms with Gasteiger partial charge in [0.05, 0.1) is 12.5 Å². The van der Waals surface area contributed by atoms with Crippen molar-refractivity contribution in [1.82, 2.24) is 0 Å². The van der Waals surface area contributed by atoms with Gasteiger partial charge >= 0.3 is 5.97 Å². The van der Waals surface area contributed by atoms with Crippen molar-refractivity contribution in [2.75, 3.05) is 6.61 Å². The van der Waals surface area contributed by atoms with Gasteiger partial charge in [-0.1, -0.05) is 93.7 Å². The van der Waals surface area contributed by atoms with Crippen molar-refractivity contribution < 1.29 is 9.53 Å². The van der Waals surface area contributed by atoms with Crippen LogP contribution < -0.4 is 0 Å². The van der Waals surface area contributed by atoms with E-state index in [9.17, 15) is 4.79 Å². The zero-order chi connectivity index (χ0) is 21.6. The molecule has 0 rings (SSSR count). The minimum atomic E-state index is -0.0815. The van der Waals surface area contributed by atoms with Gasteiger partial charge in [0.25, 0.3) is 0 Å². The first-order valence-electron chi connectivity index (χ1n) is 11.2. The first kappa shape index (κ1) is 26.9. The lowest BCUT2D eigenvalue weighted by Crippen LogP contribution is -2.22. The maximum Gasteiger partial charge on any atom is 0.309 e. The molecule has 0 aliphatic heterocycles. The Balaban J connectivity index is 3.84. The summed E-state index contributed by atoms with van der Waals surface area (Å²) in [6, 6.07) is 0. The molecule has 0 aromatic rings. The Kier molecular flexibility index (Phi) is 19.2. The molecule has 1 unspecified atom stereocenters. The van der Waals surface area contributed by atoms with E-state index in [1.54, 1.807) is 0 Å². The standard InChI is InChI=1S/C27H42O2/c1-5-7-8-9-10-11-12-13-14-15-16-17-18-19-20-21-22-23-24-26(25(3)4)27(28)29-6-2/h7-8,10-11,13-14,16-17,19-20,22-23,25-26H,5-6,9,12,15,18,21,24H2,1-4H3. The van der Waals surface area contributed by atoms with Crippen LogP contribution in [0.15, 0.2) is 72.9 Å². The first-order chi connectivity index (χ1) is 14.1. The number of carbonyl (C=O) groups excluding carboxylic acids is 1. The molecule has 0 aromatic carbocycles. The maximum atomic E-state index is 11.9. The fraction of sp³-hybridized carbons (Fsp3) is 0.519. The van der Waals surface area contributed by atoms with E-state index in [0.29, 0.717) is 12.5 Å². The first-order valence-corrected chi connectivity index (χ1v) is 11.2. The fourth-order valence-electron chi connectivity index (χ4n) is 2.65. The third-order valence-electron chi connectivity index (χ3n) is 4.38. The smallest absolute Gasteiger partial charge is 0.309 e. The largest absolute Gasteiger partial charge is 0.466 e. The summed E-state index contributed by atoms with van der Waals surface area (Å²) in [5.41, 5.74) is 0. The van der Waals surface area contributed by atoms with E-state index in [4.69, 9.17) is 4.74 Å². The normalized spacial score (nSPS) is 14.1. The van der Waals surface area contributed by atoms with Gasteiger partial charge in [-0.15, -0.1) is 0 Å². The van der Waals surface area contributed by atoms with Gasteiger partial charge in [0, 0.05) is 0 Å². The highest BCUT2D eigenvalue weighted by atomic mass is 16.5. The zero-order valence-corrected chi connectivity index (χ0v) is 19.1. The highest BCUT2D eigenvalue weighted by molar-refractivity contribution is 5.72. The molecular weight excluding hydrogens is 356 g/mol. The summed E-state index contributed by atoms with van der Waals surface area (Å²) >= 11 is 0. The monoisotopic (exact) mass is 398 g/mol. The predicted molar refractivity (Wildman–Crippen MR) is 128 cm³/mol. The van der Waals surface area contributed by atoms with Crippen LogP contribution in [0, 0.1) is 11.8 Å². The molecule has 1 atom stereocenters. The summed E-state index contributed by atoms with van der Waals surface area (Å²) in [6.45, 7) is 8.60. The number of hydrogen-bond acceptors (Lipinski definition) is 2. The van der Waals surface area contributed by atoms with Crippen LogP contribution in [0.5, 0.6) is 0 Å². The van der Waals surface area contributed by atoms with Crippen molar-refractivity contribution in [3.05, 3.63) is 72.9 Å². The molecule has 0 amide bonds. The Labute approximate surface area is 179 Å². The van der Waals surface area contributed by atoms with Crippen molar-refractivity contribution in [3.63, 3.8) is 0 Å². The van der Waals surface area contributed by atoms with E-state index in [1.165, 1.54) is 0 Å². The Morgan fingerprint density at radius 2 is 1.03 bits per heavy atom. The third kappa shape index (κ3) is 17.7. The van der Waals surface area contributed by atoms with Gasteiger partial charge in [-0.3, -0.25) is 4.79 Å². The van der Waals surface area contributed by atoms with Crippen LogP contribution in [-0.4, -0.2) is 12.6 Å². The molecular formula is C27H42O2. The SMILES string of the molecule is CCC=CCC=CCC=CCC=CCC=CCC=CCC(C(=O)OCC)C(C)C. The second-order valence-electron chi connectivity index (χ2n) is 7.25. The molecule has 0 aliphatic carbocycles. The zero-order valence-electron chi connectivity index (χ0n) is 19.1. The lowest BCUT2D eigenvalue weighted by molar-refractivity contribution is -0.149. The number of carbonyl (C=O) groups is 1. The Bertz CT molecular complexity index is 559. The summed E-state index contributed by atoms with van der Waals surface area (Å²) in [5, 5.41) is 0. The van der Waals surface area contributed by atoms with Crippen LogP contribution in [0.2, 0.25) is 0 Å². The number of hydrogen-bond donors (Lipinski definition) is 0. The van der Waals surface area contributed by atoms with Gasteiger partial charge in [-0.05, 0) is 57.8 Å². The molecule has 0 bridgehead atoms. The Morgan fingerprint density at radius 1 is 0.655 bits per heavy atom. The number of rotatable bonds is 16. The quantitative estimate of drug-likeness (QED) is 0.195. The van der Waals surface area contributed by atoms with Gasteiger partial charge in [0.2, 0.25) is 0 Å². The highest BCUT2D eigenvalue weighted by Gasteiger charge is 2.21. The van der Waals surface area contributed by atoms with Crippen LogP contribution in [-0.2, 0) is 9.53 Å². The third-order valence-corrected chi connectivity index (χ3v) is 4.38. The Hall–Kier alpha value is -2.09.